The zero-order valence-corrected chi connectivity index (χ0v) is 12.7. The van der Waals surface area contributed by atoms with E-state index in [4.69, 9.17) is 4.74 Å². The minimum Gasteiger partial charge on any atom is -0.369 e. The molecule has 1 aliphatic heterocycles. The summed E-state index contributed by atoms with van der Waals surface area (Å²) in [5, 5.41) is 10.5. The van der Waals surface area contributed by atoms with Gasteiger partial charge in [0, 0.05) is 49.2 Å². The van der Waals surface area contributed by atoms with Crippen LogP contribution in [0.2, 0.25) is 0 Å². The number of H-pyrrole nitrogens is 1. The molecule has 0 radical (unpaired) electrons. The summed E-state index contributed by atoms with van der Waals surface area (Å²) < 4.78 is 8.07. The molecule has 0 amide bonds. The Morgan fingerprint density at radius 2 is 2.13 bits per heavy atom. The van der Waals surface area contributed by atoms with Gasteiger partial charge in [0.15, 0.2) is 0 Å². The van der Waals surface area contributed by atoms with Gasteiger partial charge >= 0.3 is 0 Å². The van der Waals surface area contributed by atoms with Crippen molar-refractivity contribution >= 4 is 0 Å². The van der Waals surface area contributed by atoms with Crippen molar-refractivity contribution < 1.29 is 4.74 Å². The minimum absolute atomic E-state index is 0.0480. The molecule has 6 heteroatoms. The average molecular weight is 309 g/mol. The molecule has 0 spiro atoms. The fourth-order valence-electron chi connectivity index (χ4n) is 3.01. The van der Waals surface area contributed by atoms with Crippen LogP contribution >= 0.6 is 0 Å². The van der Waals surface area contributed by atoms with E-state index in [1.54, 1.807) is 6.20 Å². The van der Waals surface area contributed by atoms with Gasteiger partial charge in [-0.1, -0.05) is 18.2 Å². The summed E-state index contributed by atoms with van der Waals surface area (Å²) in [4.78, 5) is 4.55. The molecule has 1 aliphatic rings. The molecular formula is C17H19N5O. The van der Waals surface area contributed by atoms with E-state index in [0.29, 0.717) is 0 Å². The van der Waals surface area contributed by atoms with Gasteiger partial charge in [-0.3, -0.25) is 5.10 Å². The quantitative estimate of drug-likeness (QED) is 0.758. The van der Waals surface area contributed by atoms with Crippen molar-refractivity contribution in [3.63, 3.8) is 0 Å². The van der Waals surface area contributed by atoms with Crippen LogP contribution in [0.25, 0.3) is 5.69 Å². The topological polar surface area (TPSA) is 67.8 Å². The molecule has 118 valence electrons. The van der Waals surface area contributed by atoms with Crippen LogP contribution in [0.15, 0.2) is 55.0 Å². The first kappa shape index (κ1) is 14.2. The van der Waals surface area contributed by atoms with Crippen LogP contribution in [0.4, 0.5) is 0 Å². The number of nitrogens with zero attached hydrogens (tertiary/aromatic N) is 3. The number of hydrogen-bond acceptors (Lipinski definition) is 4. The molecule has 0 saturated carbocycles. The maximum atomic E-state index is 5.97. The van der Waals surface area contributed by atoms with Crippen molar-refractivity contribution in [2.75, 3.05) is 6.61 Å². The largest absolute Gasteiger partial charge is 0.369 e. The first-order valence-corrected chi connectivity index (χ1v) is 7.84. The summed E-state index contributed by atoms with van der Waals surface area (Å²) >= 11 is 0. The highest BCUT2D eigenvalue weighted by molar-refractivity contribution is 5.33. The summed E-state index contributed by atoms with van der Waals surface area (Å²) in [5.41, 5.74) is 2.17. The molecule has 1 saturated heterocycles. The summed E-state index contributed by atoms with van der Waals surface area (Å²) in [5.74, 6) is 0.941. The first-order chi connectivity index (χ1) is 11.4. The molecule has 23 heavy (non-hydrogen) atoms. The van der Waals surface area contributed by atoms with Crippen molar-refractivity contribution in [3.8, 4) is 5.69 Å². The molecular weight excluding hydrogens is 290 g/mol. The second kappa shape index (κ2) is 6.36. The maximum absolute atomic E-state index is 5.97. The molecule has 0 bridgehead atoms. The molecule has 0 aliphatic carbocycles. The van der Waals surface area contributed by atoms with Gasteiger partial charge in [0.05, 0.1) is 0 Å². The lowest BCUT2D eigenvalue weighted by Crippen LogP contribution is -2.32. The zero-order valence-electron chi connectivity index (χ0n) is 12.7. The number of aromatic nitrogens is 4. The monoisotopic (exact) mass is 309 g/mol. The SMILES string of the molecule is c1ccc(-n2ccnc2[C@@H]2OCC[C@H]2NCc2ccn[nH]2)cc1. The fraction of sp³-hybridized carbons (Fsp3) is 0.294. The average Bonchev–Trinajstić information content (AvgIpc) is 3.33. The van der Waals surface area contributed by atoms with Crippen LogP contribution in [0, 0.1) is 0 Å². The molecule has 0 unspecified atom stereocenters. The number of benzene rings is 1. The summed E-state index contributed by atoms with van der Waals surface area (Å²) in [7, 11) is 0. The van der Waals surface area contributed by atoms with Crippen molar-refractivity contribution in [3.05, 3.63) is 66.5 Å². The molecule has 1 aromatic carbocycles. The van der Waals surface area contributed by atoms with Gasteiger partial charge in [-0.05, 0) is 24.6 Å². The second-order valence-electron chi connectivity index (χ2n) is 5.64. The molecule has 3 aromatic rings. The van der Waals surface area contributed by atoms with Crippen molar-refractivity contribution in [1.29, 1.82) is 0 Å². The normalized spacial score (nSPS) is 20.9. The van der Waals surface area contributed by atoms with Gasteiger partial charge in [0.2, 0.25) is 0 Å². The molecule has 2 N–H and O–H groups in total. The summed E-state index contributed by atoms with van der Waals surface area (Å²) in [6.07, 6.45) is 6.50. The Bertz CT molecular complexity index is 737. The maximum Gasteiger partial charge on any atom is 0.144 e. The third-order valence-electron chi connectivity index (χ3n) is 4.16. The first-order valence-electron chi connectivity index (χ1n) is 7.84. The van der Waals surface area contributed by atoms with Crippen molar-refractivity contribution in [1.82, 2.24) is 25.1 Å². The Kier molecular flexibility index (Phi) is 3.92. The molecule has 1 fully saturated rings. The Balaban J connectivity index is 1.54. The van der Waals surface area contributed by atoms with Gasteiger partial charge in [-0.2, -0.15) is 5.10 Å². The Morgan fingerprint density at radius 1 is 1.22 bits per heavy atom. The zero-order chi connectivity index (χ0) is 15.5. The van der Waals surface area contributed by atoms with Crippen LogP contribution in [-0.2, 0) is 11.3 Å². The summed E-state index contributed by atoms with van der Waals surface area (Å²) in [6.45, 7) is 1.49. The lowest BCUT2D eigenvalue weighted by atomic mass is 10.1. The number of imidazole rings is 1. The van der Waals surface area contributed by atoms with E-state index < -0.39 is 0 Å². The second-order valence-corrected chi connectivity index (χ2v) is 5.64. The molecule has 2 atom stereocenters. The van der Waals surface area contributed by atoms with Gasteiger partial charge in [0.1, 0.15) is 11.9 Å². The van der Waals surface area contributed by atoms with Crippen LogP contribution in [0.5, 0.6) is 0 Å². The number of rotatable bonds is 5. The molecule has 4 rings (SSSR count). The Morgan fingerprint density at radius 3 is 2.96 bits per heavy atom. The van der Waals surface area contributed by atoms with E-state index in [2.05, 4.69) is 37.2 Å². The lowest BCUT2D eigenvalue weighted by Gasteiger charge is -2.20. The van der Waals surface area contributed by atoms with Gasteiger partial charge in [-0.15, -0.1) is 0 Å². The standard InChI is InChI=1S/C17H19N5O/c1-2-4-14(5-3-1)22-10-9-18-17(22)16-15(7-11-23-16)19-12-13-6-8-20-21-13/h1-6,8-10,15-16,19H,7,11-12H2,(H,20,21)/t15-,16-/m1/s1. The van der Waals surface area contributed by atoms with Gasteiger partial charge in [0.25, 0.3) is 0 Å². The van der Waals surface area contributed by atoms with Crippen molar-refractivity contribution in [2.24, 2.45) is 0 Å². The Hall–Kier alpha value is -2.44. The summed E-state index contributed by atoms with van der Waals surface area (Å²) in [6, 6.07) is 12.4. The molecule has 2 aromatic heterocycles. The van der Waals surface area contributed by atoms with Crippen molar-refractivity contribution in [2.45, 2.75) is 25.1 Å². The Labute approximate surface area is 134 Å². The number of hydrogen-bond donors (Lipinski definition) is 2. The number of ether oxygens (including phenoxy) is 1. The van der Waals surface area contributed by atoms with Crippen LogP contribution in [-0.4, -0.2) is 32.4 Å². The van der Waals surface area contributed by atoms with E-state index in [9.17, 15) is 0 Å². The number of aromatic amines is 1. The molecule has 3 heterocycles. The van der Waals surface area contributed by atoms with Crippen LogP contribution in [0.1, 0.15) is 24.0 Å². The highest BCUT2D eigenvalue weighted by Crippen LogP contribution is 2.29. The van der Waals surface area contributed by atoms with E-state index in [1.807, 2.05) is 36.7 Å². The van der Waals surface area contributed by atoms with E-state index in [0.717, 1.165) is 36.8 Å². The van der Waals surface area contributed by atoms with E-state index in [1.165, 1.54) is 0 Å². The predicted octanol–water partition coefficient (Wildman–Crippen LogP) is 2.22. The van der Waals surface area contributed by atoms with E-state index >= 15 is 0 Å². The predicted molar refractivity (Wildman–Crippen MR) is 86.1 cm³/mol. The highest BCUT2D eigenvalue weighted by Gasteiger charge is 2.32. The smallest absolute Gasteiger partial charge is 0.144 e. The highest BCUT2D eigenvalue weighted by atomic mass is 16.5. The lowest BCUT2D eigenvalue weighted by molar-refractivity contribution is 0.0903. The van der Waals surface area contributed by atoms with Crippen LogP contribution in [0.3, 0.4) is 0 Å². The third kappa shape index (κ3) is 2.91. The number of para-hydroxylation sites is 1. The van der Waals surface area contributed by atoms with E-state index in [-0.39, 0.29) is 12.1 Å². The third-order valence-corrected chi connectivity index (χ3v) is 4.16. The minimum atomic E-state index is -0.0480. The van der Waals surface area contributed by atoms with Gasteiger partial charge < -0.3 is 14.6 Å². The van der Waals surface area contributed by atoms with Crippen LogP contribution < -0.4 is 5.32 Å². The number of nitrogens with one attached hydrogen (secondary N) is 2. The van der Waals surface area contributed by atoms with Gasteiger partial charge in [-0.25, -0.2) is 4.98 Å². The fourth-order valence-corrected chi connectivity index (χ4v) is 3.01. The molecule has 6 nitrogen and oxygen atoms in total.